The van der Waals surface area contributed by atoms with Crippen molar-refractivity contribution in [2.45, 2.75) is 13.0 Å². The molecule has 0 spiro atoms. The summed E-state index contributed by atoms with van der Waals surface area (Å²) in [6.07, 6.45) is 3.58. The minimum absolute atomic E-state index is 0.190. The van der Waals surface area contributed by atoms with E-state index in [-0.39, 0.29) is 18.9 Å². The SMILES string of the molecule is N#CCCN(Cc1cccnc1)C(=O)COc1ccccc1C#N. The van der Waals surface area contributed by atoms with Crippen LogP contribution >= 0.6 is 0 Å². The van der Waals surface area contributed by atoms with Crippen LogP contribution in [-0.4, -0.2) is 28.9 Å². The zero-order chi connectivity index (χ0) is 17.2. The predicted molar refractivity (Wildman–Crippen MR) is 86.5 cm³/mol. The highest BCUT2D eigenvalue weighted by molar-refractivity contribution is 5.77. The third-order valence-corrected chi connectivity index (χ3v) is 3.30. The smallest absolute Gasteiger partial charge is 0.260 e. The van der Waals surface area contributed by atoms with Crippen molar-refractivity contribution in [3.05, 3.63) is 59.9 Å². The minimum Gasteiger partial charge on any atom is -0.482 e. The standard InChI is InChI=1S/C18H16N4O2/c19-8-4-10-22(13-15-5-3-9-21-12-15)18(23)14-24-17-7-2-1-6-16(17)11-20/h1-3,5-7,9,12H,4,10,13-14H2. The van der Waals surface area contributed by atoms with Crippen LogP contribution in [0.4, 0.5) is 0 Å². The molecule has 120 valence electrons. The number of aromatic nitrogens is 1. The van der Waals surface area contributed by atoms with Crippen LogP contribution in [0, 0.1) is 22.7 Å². The first-order chi connectivity index (χ1) is 11.7. The number of carbonyl (C=O) groups is 1. The molecule has 6 heteroatoms. The van der Waals surface area contributed by atoms with Gasteiger partial charge in [0.2, 0.25) is 0 Å². The maximum atomic E-state index is 12.4. The lowest BCUT2D eigenvalue weighted by Gasteiger charge is -2.21. The monoisotopic (exact) mass is 320 g/mol. The maximum Gasteiger partial charge on any atom is 0.260 e. The maximum absolute atomic E-state index is 12.4. The largest absolute Gasteiger partial charge is 0.482 e. The molecule has 0 aliphatic carbocycles. The first-order valence-corrected chi connectivity index (χ1v) is 7.40. The molecule has 0 radical (unpaired) electrons. The van der Waals surface area contributed by atoms with E-state index < -0.39 is 0 Å². The van der Waals surface area contributed by atoms with E-state index >= 15 is 0 Å². The van der Waals surface area contributed by atoms with Crippen LogP contribution in [0.2, 0.25) is 0 Å². The van der Waals surface area contributed by atoms with Gasteiger partial charge in [0.1, 0.15) is 11.8 Å². The molecule has 0 unspecified atom stereocenters. The van der Waals surface area contributed by atoms with Gasteiger partial charge in [0.15, 0.2) is 6.61 Å². The van der Waals surface area contributed by atoms with E-state index in [0.717, 1.165) is 5.56 Å². The van der Waals surface area contributed by atoms with Crippen LogP contribution in [-0.2, 0) is 11.3 Å². The van der Waals surface area contributed by atoms with Gasteiger partial charge in [0.25, 0.3) is 5.91 Å². The Balaban J connectivity index is 2.02. The van der Waals surface area contributed by atoms with Crippen LogP contribution in [0.15, 0.2) is 48.8 Å². The van der Waals surface area contributed by atoms with Crippen molar-refractivity contribution in [2.24, 2.45) is 0 Å². The lowest BCUT2D eigenvalue weighted by molar-refractivity contribution is -0.133. The number of nitriles is 2. The molecular weight excluding hydrogens is 304 g/mol. The van der Waals surface area contributed by atoms with Crippen LogP contribution in [0.3, 0.4) is 0 Å². The Labute approximate surface area is 140 Å². The number of amides is 1. The highest BCUT2D eigenvalue weighted by Gasteiger charge is 2.15. The Kier molecular flexibility index (Phi) is 6.31. The van der Waals surface area contributed by atoms with Crippen molar-refractivity contribution in [2.75, 3.05) is 13.2 Å². The molecule has 0 aliphatic rings. The second-order valence-electron chi connectivity index (χ2n) is 4.98. The number of nitrogens with zero attached hydrogens (tertiary/aromatic N) is 4. The topological polar surface area (TPSA) is 90.0 Å². The number of rotatable bonds is 7. The Bertz CT molecular complexity index is 763. The molecule has 2 rings (SSSR count). The quantitative estimate of drug-likeness (QED) is 0.780. The molecule has 1 amide bonds. The van der Waals surface area contributed by atoms with Gasteiger partial charge in [0.05, 0.1) is 18.1 Å². The molecule has 0 saturated carbocycles. The Hall–Kier alpha value is -3.38. The average molecular weight is 320 g/mol. The minimum atomic E-state index is -0.248. The molecule has 1 heterocycles. The number of para-hydroxylation sites is 1. The van der Waals surface area contributed by atoms with Crippen molar-refractivity contribution < 1.29 is 9.53 Å². The summed E-state index contributed by atoms with van der Waals surface area (Å²) in [5.41, 5.74) is 1.25. The third-order valence-electron chi connectivity index (χ3n) is 3.30. The zero-order valence-corrected chi connectivity index (χ0v) is 13.1. The van der Waals surface area contributed by atoms with E-state index in [1.807, 2.05) is 18.2 Å². The summed E-state index contributed by atoms with van der Waals surface area (Å²) in [6, 6.07) is 14.5. The van der Waals surface area contributed by atoms with Gasteiger partial charge in [-0.25, -0.2) is 0 Å². The van der Waals surface area contributed by atoms with Crippen molar-refractivity contribution in [1.82, 2.24) is 9.88 Å². The Morgan fingerprint density at radius 3 is 2.75 bits per heavy atom. The van der Waals surface area contributed by atoms with Gasteiger partial charge in [-0.1, -0.05) is 18.2 Å². The normalized spacial score (nSPS) is 9.58. The van der Waals surface area contributed by atoms with Crippen LogP contribution < -0.4 is 4.74 Å². The van der Waals surface area contributed by atoms with Gasteiger partial charge in [-0.05, 0) is 23.8 Å². The third kappa shape index (κ3) is 4.82. The summed E-state index contributed by atoms with van der Waals surface area (Å²) in [6.45, 7) is 0.482. The molecule has 0 aliphatic heterocycles. The van der Waals surface area contributed by atoms with Crippen molar-refractivity contribution in [3.8, 4) is 17.9 Å². The molecular formula is C18H16N4O2. The van der Waals surface area contributed by atoms with Crippen molar-refractivity contribution in [3.63, 3.8) is 0 Å². The molecule has 2 aromatic rings. The summed E-state index contributed by atoms with van der Waals surface area (Å²) >= 11 is 0. The fourth-order valence-corrected chi connectivity index (χ4v) is 2.10. The molecule has 0 atom stereocenters. The molecule has 0 bridgehead atoms. The van der Waals surface area contributed by atoms with Gasteiger partial charge in [-0.15, -0.1) is 0 Å². The first kappa shape index (κ1) is 17.0. The molecule has 1 aromatic heterocycles. The summed E-state index contributed by atoms with van der Waals surface area (Å²) in [4.78, 5) is 18.0. The van der Waals surface area contributed by atoms with Crippen LogP contribution in [0.1, 0.15) is 17.5 Å². The lowest BCUT2D eigenvalue weighted by atomic mass is 10.2. The summed E-state index contributed by atoms with van der Waals surface area (Å²) < 4.78 is 5.48. The van der Waals surface area contributed by atoms with E-state index in [4.69, 9.17) is 15.3 Å². The molecule has 6 nitrogen and oxygen atoms in total. The van der Waals surface area contributed by atoms with E-state index in [1.54, 1.807) is 47.6 Å². The van der Waals surface area contributed by atoms with E-state index in [1.165, 1.54) is 0 Å². The number of hydrogen-bond acceptors (Lipinski definition) is 5. The summed E-state index contributed by atoms with van der Waals surface area (Å²) in [5, 5.41) is 17.8. The van der Waals surface area contributed by atoms with E-state index in [0.29, 0.717) is 24.4 Å². The van der Waals surface area contributed by atoms with Crippen molar-refractivity contribution >= 4 is 5.91 Å². The van der Waals surface area contributed by atoms with Crippen molar-refractivity contribution in [1.29, 1.82) is 10.5 Å². The predicted octanol–water partition coefficient (Wildman–Crippen LogP) is 2.27. The van der Waals surface area contributed by atoms with E-state index in [2.05, 4.69) is 4.98 Å². The number of ether oxygens (including phenoxy) is 1. The molecule has 0 N–H and O–H groups in total. The number of pyridine rings is 1. The summed E-state index contributed by atoms with van der Waals surface area (Å²) in [7, 11) is 0. The van der Waals surface area contributed by atoms with Gasteiger partial charge in [-0.3, -0.25) is 9.78 Å². The summed E-state index contributed by atoms with van der Waals surface area (Å²) in [5.74, 6) is 0.122. The van der Waals surface area contributed by atoms with Gasteiger partial charge in [0, 0.05) is 25.5 Å². The highest BCUT2D eigenvalue weighted by atomic mass is 16.5. The lowest BCUT2D eigenvalue weighted by Crippen LogP contribution is -2.35. The fraction of sp³-hybridized carbons (Fsp3) is 0.222. The Morgan fingerprint density at radius 1 is 1.21 bits per heavy atom. The first-order valence-electron chi connectivity index (χ1n) is 7.40. The molecule has 24 heavy (non-hydrogen) atoms. The van der Waals surface area contributed by atoms with E-state index in [9.17, 15) is 4.79 Å². The average Bonchev–Trinajstić information content (AvgIpc) is 2.64. The molecule has 0 fully saturated rings. The van der Waals surface area contributed by atoms with Gasteiger partial charge < -0.3 is 9.64 Å². The number of hydrogen-bond donors (Lipinski definition) is 0. The zero-order valence-electron chi connectivity index (χ0n) is 13.1. The molecule has 1 aromatic carbocycles. The van der Waals surface area contributed by atoms with Crippen LogP contribution in [0.5, 0.6) is 5.75 Å². The van der Waals surface area contributed by atoms with Crippen LogP contribution in [0.25, 0.3) is 0 Å². The van der Waals surface area contributed by atoms with Gasteiger partial charge >= 0.3 is 0 Å². The molecule has 0 saturated heterocycles. The second kappa shape index (κ2) is 8.92. The fourth-order valence-electron chi connectivity index (χ4n) is 2.10. The Morgan fingerprint density at radius 2 is 2.04 bits per heavy atom. The second-order valence-corrected chi connectivity index (χ2v) is 4.98. The number of benzene rings is 1. The van der Waals surface area contributed by atoms with Gasteiger partial charge in [-0.2, -0.15) is 10.5 Å². The number of carbonyl (C=O) groups excluding carboxylic acids is 1. The highest BCUT2D eigenvalue weighted by Crippen LogP contribution is 2.16.